The first kappa shape index (κ1) is 22.7. The summed E-state index contributed by atoms with van der Waals surface area (Å²) in [7, 11) is 1.62. The lowest BCUT2D eigenvalue weighted by molar-refractivity contribution is -0.137. The minimum Gasteiger partial charge on any atom is -0.454 e. The van der Waals surface area contributed by atoms with Crippen LogP contribution in [0.4, 0.5) is 13.2 Å². The van der Waals surface area contributed by atoms with Crippen molar-refractivity contribution in [2.24, 2.45) is 10.7 Å². The van der Waals surface area contributed by atoms with Crippen LogP contribution in [0.3, 0.4) is 0 Å². The van der Waals surface area contributed by atoms with E-state index in [-0.39, 0.29) is 12.3 Å². The van der Waals surface area contributed by atoms with Gasteiger partial charge < -0.3 is 20.8 Å². The zero-order chi connectivity index (χ0) is 22.5. The fraction of sp³-hybridized carbons (Fsp3) is 0.455. The molecule has 1 aliphatic rings. The predicted molar refractivity (Wildman–Crippen MR) is 112 cm³/mol. The van der Waals surface area contributed by atoms with Gasteiger partial charge >= 0.3 is 6.18 Å². The zero-order valence-corrected chi connectivity index (χ0v) is 17.4. The van der Waals surface area contributed by atoms with E-state index in [1.165, 1.54) is 18.2 Å². The molecular weight excluding hydrogens is 409 g/mol. The molecule has 1 aliphatic carbocycles. The third-order valence-electron chi connectivity index (χ3n) is 5.77. The van der Waals surface area contributed by atoms with Crippen LogP contribution in [-0.4, -0.2) is 25.5 Å². The molecule has 3 rings (SSSR count). The van der Waals surface area contributed by atoms with Crippen LogP contribution in [0, 0.1) is 0 Å². The lowest BCUT2D eigenvalue weighted by Crippen LogP contribution is -2.46. The summed E-state index contributed by atoms with van der Waals surface area (Å²) in [4.78, 5) is 15.3. The standard InChI is InChI=1S/C22H27F3N4O2/c1-27-20(28-13-17-8-9-18(31-17)19(26)30)29-14-21(10-3-2-4-11-21)15-6-5-7-16(12-15)22(23,24)25/h5-9,12H,2-4,10-11,13-14H2,1H3,(H2,26,30)(H2,27,28,29). The second kappa shape index (κ2) is 9.45. The largest absolute Gasteiger partial charge is 0.454 e. The average molecular weight is 436 g/mol. The van der Waals surface area contributed by atoms with Crippen molar-refractivity contribution < 1.29 is 22.4 Å². The number of nitrogens with zero attached hydrogens (tertiary/aromatic N) is 1. The molecule has 0 unspecified atom stereocenters. The smallest absolute Gasteiger partial charge is 0.416 e. The number of aliphatic imine (C=N–C) groups is 1. The van der Waals surface area contributed by atoms with Crippen LogP contribution in [0.1, 0.15) is 59.5 Å². The van der Waals surface area contributed by atoms with Gasteiger partial charge in [-0.15, -0.1) is 0 Å². The molecule has 168 valence electrons. The summed E-state index contributed by atoms with van der Waals surface area (Å²) < 4.78 is 45.1. The van der Waals surface area contributed by atoms with Gasteiger partial charge in [-0.3, -0.25) is 9.79 Å². The van der Waals surface area contributed by atoms with Gasteiger partial charge in [-0.05, 0) is 36.6 Å². The Kier molecular flexibility index (Phi) is 6.92. The Labute approximate surface area is 179 Å². The van der Waals surface area contributed by atoms with Crippen LogP contribution in [0.15, 0.2) is 45.8 Å². The number of primary amides is 1. The summed E-state index contributed by atoms with van der Waals surface area (Å²) in [5.74, 6) is 0.440. The quantitative estimate of drug-likeness (QED) is 0.472. The van der Waals surface area contributed by atoms with Crippen molar-refractivity contribution >= 4 is 11.9 Å². The van der Waals surface area contributed by atoms with Crippen LogP contribution < -0.4 is 16.4 Å². The summed E-state index contributed by atoms with van der Waals surface area (Å²) in [5.41, 5.74) is 4.86. The van der Waals surface area contributed by atoms with E-state index >= 15 is 0 Å². The first-order valence-corrected chi connectivity index (χ1v) is 10.2. The molecule has 1 aromatic heterocycles. The number of furan rings is 1. The highest BCUT2D eigenvalue weighted by Crippen LogP contribution is 2.41. The van der Waals surface area contributed by atoms with E-state index in [2.05, 4.69) is 15.6 Å². The van der Waals surface area contributed by atoms with Gasteiger partial charge in [0.1, 0.15) is 5.76 Å². The number of guanidine groups is 1. The molecule has 0 atom stereocenters. The Morgan fingerprint density at radius 2 is 1.90 bits per heavy atom. The van der Waals surface area contributed by atoms with Gasteiger partial charge in [0.25, 0.3) is 5.91 Å². The molecule has 1 saturated carbocycles. The van der Waals surface area contributed by atoms with Crippen LogP contribution in [0.2, 0.25) is 0 Å². The van der Waals surface area contributed by atoms with Crippen molar-refractivity contribution in [3.05, 3.63) is 59.0 Å². The van der Waals surface area contributed by atoms with E-state index < -0.39 is 23.1 Å². The number of nitrogens with two attached hydrogens (primary N) is 1. The normalized spacial score (nSPS) is 16.7. The van der Waals surface area contributed by atoms with Crippen LogP contribution in [0.5, 0.6) is 0 Å². The van der Waals surface area contributed by atoms with Crippen molar-refractivity contribution in [3.63, 3.8) is 0 Å². The van der Waals surface area contributed by atoms with Crippen LogP contribution in [0.25, 0.3) is 0 Å². The second-order valence-electron chi connectivity index (χ2n) is 7.83. The molecule has 0 bridgehead atoms. The first-order chi connectivity index (χ1) is 14.7. The van der Waals surface area contributed by atoms with Gasteiger partial charge in [0.15, 0.2) is 11.7 Å². The summed E-state index contributed by atoms with van der Waals surface area (Å²) in [6.45, 7) is 0.738. The Balaban J connectivity index is 1.71. The van der Waals surface area contributed by atoms with Crippen LogP contribution >= 0.6 is 0 Å². The van der Waals surface area contributed by atoms with Crippen molar-refractivity contribution in [2.75, 3.05) is 13.6 Å². The Morgan fingerprint density at radius 1 is 1.16 bits per heavy atom. The number of halogens is 3. The van der Waals surface area contributed by atoms with E-state index in [0.29, 0.717) is 23.8 Å². The van der Waals surface area contributed by atoms with Crippen molar-refractivity contribution in [3.8, 4) is 0 Å². The zero-order valence-electron chi connectivity index (χ0n) is 17.4. The highest BCUT2D eigenvalue weighted by atomic mass is 19.4. The third-order valence-corrected chi connectivity index (χ3v) is 5.77. The molecule has 1 heterocycles. The van der Waals surface area contributed by atoms with Gasteiger partial charge in [-0.2, -0.15) is 13.2 Å². The topological polar surface area (TPSA) is 92.6 Å². The highest BCUT2D eigenvalue weighted by molar-refractivity contribution is 5.89. The minimum atomic E-state index is -4.37. The Morgan fingerprint density at radius 3 is 2.52 bits per heavy atom. The third kappa shape index (κ3) is 5.59. The SMILES string of the molecule is CN=C(NCc1ccc(C(N)=O)o1)NCC1(c2cccc(C(F)(F)F)c2)CCCCC1. The summed E-state index contributed by atoms with van der Waals surface area (Å²) >= 11 is 0. The molecule has 1 aromatic carbocycles. The molecule has 1 amide bonds. The summed E-state index contributed by atoms with van der Waals surface area (Å²) in [6.07, 6.45) is 0.244. The van der Waals surface area contributed by atoms with Crippen molar-refractivity contribution in [2.45, 2.75) is 50.2 Å². The monoisotopic (exact) mass is 436 g/mol. The lowest BCUT2D eigenvalue weighted by Gasteiger charge is -2.38. The highest BCUT2D eigenvalue weighted by Gasteiger charge is 2.37. The number of hydrogen-bond acceptors (Lipinski definition) is 3. The van der Waals surface area contributed by atoms with Gasteiger partial charge in [0.05, 0.1) is 12.1 Å². The van der Waals surface area contributed by atoms with Crippen molar-refractivity contribution in [1.82, 2.24) is 10.6 Å². The number of amides is 1. The fourth-order valence-electron chi connectivity index (χ4n) is 4.07. The van der Waals surface area contributed by atoms with E-state index in [9.17, 15) is 18.0 Å². The molecule has 0 spiro atoms. The van der Waals surface area contributed by atoms with Crippen molar-refractivity contribution in [1.29, 1.82) is 0 Å². The molecule has 4 N–H and O–H groups in total. The maximum Gasteiger partial charge on any atom is 0.416 e. The van der Waals surface area contributed by atoms with Gasteiger partial charge in [0.2, 0.25) is 0 Å². The maximum atomic E-state index is 13.3. The first-order valence-electron chi connectivity index (χ1n) is 10.2. The number of rotatable bonds is 6. The number of carbonyl (C=O) groups is 1. The van der Waals surface area contributed by atoms with Crippen LogP contribution in [-0.2, 0) is 18.1 Å². The van der Waals surface area contributed by atoms with Gasteiger partial charge in [-0.25, -0.2) is 0 Å². The molecule has 6 nitrogen and oxygen atoms in total. The van der Waals surface area contributed by atoms with E-state index in [1.54, 1.807) is 19.2 Å². The van der Waals surface area contributed by atoms with E-state index in [1.807, 2.05) is 0 Å². The molecule has 0 saturated heterocycles. The van der Waals surface area contributed by atoms with Gasteiger partial charge in [-0.1, -0.05) is 37.5 Å². The minimum absolute atomic E-state index is 0.0745. The predicted octanol–water partition coefficient (Wildman–Crippen LogP) is 3.96. The lowest BCUT2D eigenvalue weighted by atomic mass is 9.69. The molecule has 0 aliphatic heterocycles. The molecule has 9 heteroatoms. The molecule has 31 heavy (non-hydrogen) atoms. The average Bonchev–Trinajstić information content (AvgIpc) is 3.23. The van der Waals surface area contributed by atoms with E-state index in [0.717, 1.165) is 38.2 Å². The molecule has 2 aromatic rings. The molecular formula is C22H27F3N4O2. The number of hydrogen-bond donors (Lipinski definition) is 3. The Bertz CT molecular complexity index is 931. The Hall–Kier alpha value is -2.97. The molecule has 0 radical (unpaired) electrons. The fourth-order valence-corrected chi connectivity index (χ4v) is 4.07. The second-order valence-corrected chi connectivity index (χ2v) is 7.83. The number of benzene rings is 1. The molecule has 1 fully saturated rings. The van der Waals surface area contributed by atoms with Gasteiger partial charge in [0, 0.05) is 19.0 Å². The maximum absolute atomic E-state index is 13.3. The summed E-state index contributed by atoms with van der Waals surface area (Å²) in [6, 6.07) is 8.79. The summed E-state index contributed by atoms with van der Waals surface area (Å²) in [5, 5.41) is 6.36. The number of carbonyl (C=O) groups excluding carboxylic acids is 1. The van der Waals surface area contributed by atoms with E-state index in [4.69, 9.17) is 10.2 Å². The number of nitrogens with one attached hydrogen (secondary N) is 2. The number of alkyl halides is 3.